The van der Waals surface area contributed by atoms with Crippen molar-refractivity contribution in [3.63, 3.8) is 0 Å². The van der Waals surface area contributed by atoms with E-state index in [1.165, 1.54) is 32.6 Å². The Bertz CT molecular complexity index is 889. The second kappa shape index (κ2) is 3.59. The first kappa shape index (κ1) is 10.2. The average Bonchev–Trinajstić information content (AvgIpc) is 2.77. The molecule has 1 heterocycles. The van der Waals surface area contributed by atoms with Crippen LogP contribution in [0.1, 0.15) is 0 Å². The van der Waals surface area contributed by atoms with E-state index < -0.39 is 0 Å². The number of fused-ring (bicyclic) bond motifs is 5. The van der Waals surface area contributed by atoms with E-state index in [0.717, 1.165) is 4.47 Å². The minimum atomic E-state index is 1.11. The number of aromatic nitrogens is 1. The summed E-state index contributed by atoms with van der Waals surface area (Å²) in [6.07, 6.45) is 0. The third-order valence-corrected chi connectivity index (χ3v) is 3.94. The zero-order valence-corrected chi connectivity index (χ0v) is 11.2. The van der Waals surface area contributed by atoms with Crippen LogP contribution in [0.3, 0.4) is 0 Å². The molecular formula is C16H10BrN. The van der Waals surface area contributed by atoms with Crippen LogP contribution in [0.2, 0.25) is 0 Å². The standard InChI is InChI=1S/C16H10BrN/c17-11-6-8-14-13(9-11)16-12-4-2-1-3-10(12)5-7-15(16)18-14/h1-9,18H. The summed E-state index contributed by atoms with van der Waals surface area (Å²) < 4.78 is 1.11. The Hall–Kier alpha value is -1.80. The Balaban J connectivity index is 2.35. The first-order valence-electron chi connectivity index (χ1n) is 5.92. The Labute approximate surface area is 113 Å². The van der Waals surface area contributed by atoms with Gasteiger partial charge in [0.05, 0.1) is 0 Å². The van der Waals surface area contributed by atoms with Crippen molar-refractivity contribution >= 4 is 48.5 Å². The Kier molecular flexibility index (Phi) is 2.03. The van der Waals surface area contributed by atoms with E-state index >= 15 is 0 Å². The van der Waals surface area contributed by atoms with Gasteiger partial charge in [-0.2, -0.15) is 0 Å². The van der Waals surface area contributed by atoms with E-state index in [1.807, 2.05) is 0 Å². The van der Waals surface area contributed by atoms with Crippen molar-refractivity contribution in [2.24, 2.45) is 0 Å². The van der Waals surface area contributed by atoms with E-state index in [0.29, 0.717) is 0 Å². The summed E-state index contributed by atoms with van der Waals surface area (Å²) in [7, 11) is 0. The number of hydrogen-bond donors (Lipinski definition) is 1. The number of nitrogens with one attached hydrogen (secondary N) is 1. The predicted molar refractivity (Wildman–Crippen MR) is 81.0 cm³/mol. The lowest BCUT2D eigenvalue weighted by atomic mass is 10.0. The maximum Gasteiger partial charge on any atom is 0.0471 e. The molecular weight excluding hydrogens is 286 g/mol. The van der Waals surface area contributed by atoms with Gasteiger partial charge in [0.25, 0.3) is 0 Å². The highest BCUT2D eigenvalue weighted by Crippen LogP contribution is 2.33. The minimum absolute atomic E-state index is 1.11. The van der Waals surface area contributed by atoms with Crippen LogP contribution in [-0.2, 0) is 0 Å². The molecule has 0 aliphatic heterocycles. The fourth-order valence-electron chi connectivity index (χ4n) is 2.64. The van der Waals surface area contributed by atoms with Gasteiger partial charge in [-0.25, -0.2) is 0 Å². The molecule has 0 amide bonds. The number of rotatable bonds is 0. The van der Waals surface area contributed by atoms with E-state index in [1.54, 1.807) is 0 Å². The number of H-pyrrole nitrogens is 1. The highest BCUT2D eigenvalue weighted by Gasteiger charge is 2.07. The molecule has 0 bridgehead atoms. The van der Waals surface area contributed by atoms with Crippen LogP contribution in [0.4, 0.5) is 0 Å². The molecule has 0 spiro atoms. The number of halogens is 1. The van der Waals surface area contributed by atoms with E-state index in [2.05, 4.69) is 75.5 Å². The SMILES string of the molecule is Brc1ccc2[nH]c3ccc4ccccc4c3c2c1. The summed E-state index contributed by atoms with van der Waals surface area (Å²) in [4.78, 5) is 3.48. The van der Waals surface area contributed by atoms with Crippen molar-refractivity contribution in [1.82, 2.24) is 4.98 Å². The molecule has 2 heteroatoms. The monoisotopic (exact) mass is 295 g/mol. The summed E-state index contributed by atoms with van der Waals surface area (Å²) in [5.41, 5.74) is 2.38. The summed E-state index contributed by atoms with van der Waals surface area (Å²) in [6.45, 7) is 0. The van der Waals surface area contributed by atoms with Crippen LogP contribution < -0.4 is 0 Å². The summed E-state index contributed by atoms with van der Waals surface area (Å²) in [5.74, 6) is 0. The molecule has 86 valence electrons. The molecule has 0 atom stereocenters. The van der Waals surface area contributed by atoms with Crippen molar-refractivity contribution < 1.29 is 0 Å². The predicted octanol–water partition coefficient (Wildman–Crippen LogP) is 5.24. The van der Waals surface area contributed by atoms with Gasteiger partial charge in [-0.15, -0.1) is 0 Å². The smallest absolute Gasteiger partial charge is 0.0471 e. The van der Waals surface area contributed by atoms with Gasteiger partial charge >= 0.3 is 0 Å². The lowest BCUT2D eigenvalue weighted by molar-refractivity contribution is 1.55. The second-order valence-electron chi connectivity index (χ2n) is 4.52. The maximum atomic E-state index is 3.55. The molecule has 0 saturated carbocycles. The van der Waals surface area contributed by atoms with E-state index in [9.17, 15) is 0 Å². The molecule has 3 aromatic carbocycles. The van der Waals surface area contributed by atoms with Crippen molar-refractivity contribution in [1.29, 1.82) is 0 Å². The van der Waals surface area contributed by atoms with Crippen LogP contribution in [0.25, 0.3) is 32.6 Å². The number of benzene rings is 3. The zero-order valence-electron chi connectivity index (χ0n) is 9.57. The first-order chi connectivity index (χ1) is 8.83. The molecule has 0 unspecified atom stereocenters. The molecule has 0 aliphatic rings. The molecule has 1 aromatic heterocycles. The van der Waals surface area contributed by atoms with Gasteiger partial charge in [-0.3, -0.25) is 0 Å². The Morgan fingerprint density at radius 3 is 2.56 bits per heavy atom. The van der Waals surface area contributed by atoms with Gasteiger partial charge in [-0.05, 0) is 35.0 Å². The lowest BCUT2D eigenvalue weighted by Crippen LogP contribution is -1.74. The highest BCUT2D eigenvalue weighted by atomic mass is 79.9. The van der Waals surface area contributed by atoms with Crippen LogP contribution >= 0.6 is 15.9 Å². The van der Waals surface area contributed by atoms with Crippen LogP contribution in [0.15, 0.2) is 59.1 Å². The van der Waals surface area contributed by atoms with Crippen LogP contribution in [0, 0.1) is 0 Å². The molecule has 0 fully saturated rings. The molecule has 0 radical (unpaired) electrons. The van der Waals surface area contributed by atoms with Crippen molar-refractivity contribution in [3.8, 4) is 0 Å². The number of hydrogen-bond acceptors (Lipinski definition) is 0. The van der Waals surface area contributed by atoms with Crippen molar-refractivity contribution in [2.75, 3.05) is 0 Å². The average molecular weight is 296 g/mol. The third kappa shape index (κ3) is 1.33. The molecule has 18 heavy (non-hydrogen) atoms. The Morgan fingerprint density at radius 2 is 1.61 bits per heavy atom. The van der Waals surface area contributed by atoms with Gasteiger partial charge in [-0.1, -0.05) is 46.3 Å². The summed E-state index contributed by atoms with van der Waals surface area (Å²) in [6, 6.07) is 19.2. The minimum Gasteiger partial charge on any atom is -0.354 e. The molecule has 4 rings (SSSR count). The van der Waals surface area contributed by atoms with Gasteiger partial charge in [0.2, 0.25) is 0 Å². The Morgan fingerprint density at radius 1 is 0.778 bits per heavy atom. The molecule has 0 saturated heterocycles. The largest absolute Gasteiger partial charge is 0.354 e. The van der Waals surface area contributed by atoms with Crippen molar-refractivity contribution in [3.05, 3.63) is 59.1 Å². The highest BCUT2D eigenvalue weighted by molar-refractivity contribution is 9.10. The topological polar surface area (TPSA) is 15.8 Å². The van der Waals surface area contributed by atoms with Gasteiger partial charge in [0, 0.05) is 26.3 Å². The second-order valence-corrected chi connectivity index (χ2v) is 5.44. The molecule has 1 N–H and O–H groups in total. The molecule has 1 nitrogen and oxygen atoms in total. The van der Waals surface area contributed by atoms with Gasteiger partial charge < -0.3 is 4.98 Å². The first-order valence-corrected chi connectivity index (χ1v) is 6.71. The van der Waals surface area contributed by atoms with Crippen LogP contribution in [-0.4, -0.2) is 4.98 Å². The van der Waals surface area contributed by atoms with Crippen LogP contribution in [0.5, 0.6) is 0 Å². The molecule has 4 aromatic rings. The van der Waals surface area contributed by atoms with Gasteiger partial charge in [0.1, 0.15) is 0 Å². The van der Waals surface area contributed by atoms with Gasteiger partial charge in [0.15, 0.2) is 0 Å². The fraction of sp³-hybridized carbons (Fsp3) is 0. The third-order valence-electron chi connectivity index (χ3n) is 3.45. The zero-order chi connectivity index (χ0) is 12.1. The normalized spacial score (nSPS) is 11.6. The summed E-state index contributed by atoms with van der Waals surface area (Å²) in [5, 5.41) is 5.17. The lowest BCUT2D eigenvalue weighted by Gasteiger charge is -1.99. The fourth-order valence-corrected chi connectivity index (χ4v) is 3.00. The number of aromatic amines is 1. The summed E-state index contributed by atoms with van der Waals surface area (Å²) >= 11 is 3.55. The quantitative estimate of drug-likeness (QED) is 0.457. The van der Waals surface area contributed by atoms with E-state index in [4.69, 9.17) is 0 Å². The van der Waals surface area contributed by atoms with Crippen molar-refractivity contribution in [2.45, 2.75) is 0 Å². The van der Waals surface area contributed by atoms with E-state index in [-0.39, 0.29) is 0 Å². The molecule has 0 aliphatic carbocycles. The maximum absolute atomic E-state index is 3.55.